The molecule has 0 aliphatic rings. The van der Waals surface area contributed by atoms with Crippen LogP contribution in [0.4, 0.5) is 5.69 Å². The zero-order valence-corrected chi connectivity index (χ0v) is 19.0. The Balaban J connectivity index is 1.56. The smallest absolute Gasteiger partial charge is 0.251 e. The monoisotopic (exact) mass is 426 g/mol. The number of benzene rings is 1. The molecule has 0 atom stereocenters. The summed E-state index contributed by atoms with van der Waals surface area (Å²) in [6, 6.07) is 10.6. The van der Waals surface area contributed by atoms with E-state index in [4.69, 9.17) is 4.42 Å². The summed E-state index contributed by atoms with van der Waals surface area (Å²) in [5.74, 6) is 0.506. The van der Waals surface area contributed by atoms with E-state index in [1.807, 2.05) is 12.1 Å². The van der Waals surface area contributed by atoms with E-state index in [0.717, 1.165) is 12.8 Å². The second kappa shape index (κ2) is 15.3. The number of furan rings is 1. The van der Waals surface area contributed by atoms with Gasteiger partial charge in [-0.05, 0) is 36.8 Å². The molecule has 1 heterocycles. The highest BCUT2D eigenvalue weighted by Gasteiger charge is 2.08. The fourth-order valence-electron chi connectivity index (χ4n) is 3.59. The van der Waals surface area contributed by atoms with Crippen molar-refractivity contribution in [1.29, 1.82) is 0 Å². The molecule has 2 N–H and O–H groups in total. The van der Waals surface area contributed by atoms with Crippen molar-refractivity contribution < 1.29 is 14.0 Å². The maximum atomic E-state index is 12.3. The van der Waals surface area contributed by atoms with E-state index in [0.29, 0.717) is 30.0 Å². The summed E-state index contributed by atoms with van der Waals surface area (Å²) in [6.45, 7) is 2.59. The lowest BCUT2D eigenvalue weighted by Crippen LogP contribution is -2.22. The Morgan fingerprint density at radius 3 is 2.16 bits per heavy atom. The van der Waals surface area contributed by atoms with E-state index in [1.165, 1.54) is 57.8 Å². The third-order valence-electron chi connectivity index (χ3n) is 5.42. The van der Waals surface area contributed by atoms with Gasteiger partial charge in [0, 0.05) is 17.7 Å². The van der Waals surface area contributed by atoms with Crippen molar-refractivity contribution in [2.24, 2.45) is 0 Å². The number of amides is 2. The quantitative estimate of drug-likeness (QED) is 0.288. The van der Waals surface area contributed by atoms with Gasteiger partial charge in [0.15, 0.2) is 0 Å². The van der Waals surface area contributed by atoms with Gasteiger partial charge in [0.1, 0.15) is 5.76 Å². The molecule has 0 saturated heterocycles. The summed E-state index contributed by atoms with van der Waals surface area (Å²) in [7, 11) is 0. The lowest BCUT2D eigenvalue weighted by molar-refractivity contribution is -0.116. The van der Waals surface area contributed by atoms with Crippen molar-refractivity contribution in [1.82, 2.24) is 5.32 Å². The molecule has 2 amide bonds. The van der Waals surface area contributed by atoms with Crippen LogP contribution in [0, 0.1) is 0 Å². The number of nitrogens with one attached hydrogen (secondary N) is 2. The Kier molecular flexibility index (Phi) is 12.2. The molecule has 170 valence electrons. The molecule has 0 radical (unpaired) electrons. The number of unbranched alkanes of at least 4 members (excludes halogenated alkanes) is 10. The maximum Gasteiger partial charge on any atom is 0.251 e. The van der Waals surface area contributed by atoms with Crippen LogP contribution in [-0.2, 0) is 11.3 Å². The second-order valence-corrected chi connectivity index (χ2v) is 8.18. The summed E-state index contributed by atoms with van der Waals surface area (Å²) in [5.41, 5.74) is 1.16. The van der Waals surface area contributed by atoms with E-state index in [2.05, 4.69) is 17.6 Å². The van der Waals surface area contributed by atoms with Crippen molar-refractivity contribution >= 4 is 17.5 Å². The van der Waals surface area contributed by atoms with Crippen LogP contribution in [0.2, 0.25) is 0 Å². The van der Waals surface area contributed by atoms with E-state index in [9.17, 15) is 9.59 Å². The van der Waals surface area contributed by atoms with Gasteiger partial charge >= 0.3 is 0 Å². The molecule has 5 heteroatoms. The van der Waals surface area contributed by atoms with Gasteiger partial charge in [-0.1, -0.05) is 77.2 Å². The van der Waals surface area contributed by atoms with Crippen LogP contribution < -0.4 is 10.6 Å². The first-order valence-corrected chi connectivity index (χ1v) is 11.9. The zero-order valence-electron chi connectivity index (χ0n) is 19.0. The standard InChI is InChI=1S/C26H38N2O3/c1-2-3-4-5-6-7-8-9-10-11-12-18-25(29)28-23-16-13-15-22(20-23)26(30)27-21-24-17-14-19-31-24/h13-17,19-20H,2-12,18,21H2,1H3,(H,27,30)(H,28,29). The molecule has 0 spiro atoms. The molecular weight excluding hydrogens is 388 g/mol. The van der Waals surface area contributed by atoms with E-state index in [-0.39, 0.29) is 11.8 Å². The summed E-state index contributed by atoms with van der Waals surface area (Å²) < 4.78 is 5.22. The Bertz CT molecular complexity index is 756. The van der Waals surface area contributed by atoms with E-state index >= 15 is 0 Å². The average Bonchev–Trinajstić information content (AvgIpc) is 3.30. The molecule has 5 nitrogen and oxygen atoms in total. The predicted molar refractivity (Wildman–Crippen MR) is 126 cm³/mol. The minimum atomic E-state index is -0.196. The normalized spacial score (nSPS) is 10.7. The lowest BCUT2D eigenvalue weighted by atomic mass is 10.1. The first-order chi connectivity index (χ1) is 15.2. The van der Waals surface area contributed by atoms with Crippen LogP contribution in [0.15, 0.2) is 47.1 Å². The summed E-state index contributed by atoms with van der Waals surface area (Å²) >= 11 is 0. The molecule has 31 heavy (non-hydrogen) atoms. The minimum absolute atomic E-state index is 0.00377. The van der Waals surface area contributed by atoms with Crippen molar-refractivity contribution in [3.05, 3.63) is 54.0 Å². The van der Waals surface area contributed by atoms with Crippen LogP contribution >= 0.6 is 0 Å². The molecule has 0 bridgehead atoms. The molecule has 0 aliphatic heterocycles. The van der Waals surface area contributed by atoms with Crippen LogP contribution in [0.3, 0.4) is 0 Å². The Labute approximate surface area is 187 Å². The highest BCUT2D eigenvalue weighted by Crippen LogP contribution is 2.14. The van der Waals surface area contributed by atoms with Gasteiger partial charge in [-0.3, -0.25) is 9.59 Å². The minimum Gasteiger partial charge on any atom is -0.467 e. The number of hydrogen-bond acceptors (Lipinski definition) is 3. The zero-order chi connectivity index (χ0) is 22.2. The highest BCUT2D eigenvalue weighted by molar-refractivity contribution is 5.97. The summed E-state index contributed by atoms with van der Waals surface area (Å²) in [6.07, 6.45) is 16.0. The molecule has 1 aromatic carbocycles. The largest absolute Gasteiger partial charge is 0.467 e. The fraction of sp³-hybridized carbons (Fsp3) is 0.538. The van der Waals surface area contributed by atoms with Crippen LogP contribution in [0.5, 0.6) is 0 Å². The van der Waals surface area contributed by atoms with E-state index in [1.54, 1.807) is 30.5 Å². The van der Waals surface area contributed by atoms with Gasteiger partial charge in [-0.25, -0.2) is 0 Å². The highest BCUT2D eigenvalue weighted by atomic mass is 16.3. The molecular formula is C26H38N2O3. The third-order valence-corrected chi connectivity index (χ3v) is 5.42. The van der Waals surface area contributed by atoms with Crippen LogP contribution in [0.1, 0.15) is 100 Å². The molecule has 0 fully saturated rings. The van der Waals surface area contributed by atoms with Crippen molar-refractivity contribution in [2.45, 2.75) is 90.5 Å². The molecule has 0 saturated carbocycles. The summed E-state index contributed by atoms with van der Waals surface area (Å²) in [4.78, 5) is 24.5. The average molecular weight is 427 g/mol. The number of carbonyl (C=O) groups excluding carboxylic acids is 2. The van der Waals surface area contributed by atoms with Gasteiger partial charge in [0.2, 0.25) is 5.91 Å². The molecule has 2 aromatic rings. The van der Waals surface area contributed by atoms with Crippen molar-refractivity contribution in [2.75, 3.05) is 5.32 Å². The SMILES string of the molecule is CCCCCCCCCCCCCC(=O)Nc1cccc(C(=O)NCc2ccco2)c1. The fourth-order valence-corrected chi connectivity index (χ4v) is 3.59. The van der Waals surface area contributed by atoms with Crippen molar-refractivity contribution in [3.63, 3.8) is 0 Å². The van der Waals surface area contributed by atoms with Crippen molar-refractivity contribution in [3.8, 4) is 0 Å². The maximum absolute atomic E-state index is 12.3. The lowest BCUT2D eigenvalue weighted by Gasteiger charge is -2.08. The summed E-state index contributed by atoms with van der Waals surface area (Å²) in [5, 5.41) is 5.72. The van der Waals surface area contributed by atoms with Gasteiger partial charge < -0.3 is 15.1 Å². The number of rotatable bonds is 16. The van der Waals surface area contributed by atoms with Crippen LogP contribution in [-0.4, -0.2) is 11.8 Å². The first kappa shape index (κ1) is 24.7. The van der Waals surface area contributed by atoms with Crippen LogP contribution in [0.25, 0.3) is 0 Å². The third kappa shape index (κ3) is 10.9. The second-order valence-electron chi connectivity index (χ2n) is 8.18. The topological polar surface area (TPSA) is 71.3 Å². The molecule has 1 aromatic heterocycles. The Hall–Kier alpha value is -2.56. The van der Waals surface area contributed by atoms with E-state index < -0.39 is 0 Å². The Morgan fingerprint density at radius 1 is 0.839 bits per heavy atom. The first-order valence-electron chi connectivity index (χ1n) is 11.9. The number of anilines is 1. The van der Waals surface area contributed by atoms with Gasteiger partial charge in [0.25, 0.3) is 5.91 Å². The predicted octanol–water partition coefficient (Wildman–Crippen LogP) is 6.85. The van der Waals surface area contributed by atoms with Gasteiger partial charge in [0.05, 0.1) is 12.8 Å². The molecule has 0 unspecified atom stereocenters. The van der Waals surface area contributed by atoms with Gasteiger partial charge in [-0.2, -0.15) is 0 Å². The Morgan fingerprint density at radius 2 is 1.52 bits per heavy atom. The molecule has 2 rings (SSSR count). The van der Waals surface area contributed by atoms with Gasteiger partial charge in [-0.15, -0.1) is 0 Å². The molecule has 0 aliphatic carbocycles. The number of hydrogen-bond donors (Lipinski definition) is 2. The number of carbonyl (C=O) groups is 2.